The summed E-state index contributed by atoms with van der Waals surface area (Å²) >= 11 is 0. The van der Waals surface area contributed by atoms with Gasteiger partial charge in [0.25, 0.3) is 0 Å². The molecule has 2 aliphatic rings. The topological polar surface area (TPSA) is 55.5 Å². The molecule has 2 aliphatic heterocycles. The molecule has 1 aromatic carbocycles. The highest BCUT2D eigenvalue weighted by molar-refractivity contribution is 5.75. The molecule has 2 fully saturated rings. The third kappa shape index (κ3) is 3.24. The number of anilines is 1. The minimum atomic E-state index is -0.878. The van der Waals surface area contributed by atoms with E-state index in [-0.39, 0.29) is 23.3 Å². The largest absolute Gasteiger partial charge is 0.365 e. The van der Waals surface area contributed by atoms with Gasteiger partial charge < -0.3 is 14.7 Å². The van der Waals surface area contributed by atoms with E-state index in [0.29, 0.717) is 25.2 Å². The van der Waals surface area contributed by atoms with Crippen LogP contribution in [0, 0.1) is 11.6 Å². The van der Waals surface area contributed by atoms with Gasteiger partial charge >= 0.3 is 6.03 Å². The second-order valence-corrected chi connectivity index (χ2v) is 7.21. The van der Waals surface area contributed by atoms with Gasteiger partial charge in [-0.1, -0.05) is 0 Å². The Kier molecular flexibility index (Phi) is 4.72. The molecule has 8 heteroatoms. The smallest absolute Gasteiger partial charge is 0.320 e. The molecule has 0 radical (unpaired) electrons. The molecule has 0 bridgehead atoms. The molecule has 3 heterocycles. The summed E-state index contributed by atoms with van der Waals surface area (Å²) in [7, 11) is 0. The number of hydrogen-bond donors (Lipinski definition) is 1. The van der Waals surface area contributed by atoms with E-state index in [2.05, 4.69) is 10.2 Å². The van der Waals surface area contributed by atoms with E-state index < -0.39 is 11.6 Å². The summed E-state index contributed by atoms with van der Waals surface area (Å²) in [4.78, 5) is 18.2. The molecule has 0 aliphatic carbocycles. The van der Waals surface area contributed by atoms with Crippen molar-refractivity contribution in [1.29, 1.82) is 0 Å². The Labute approximate surface area is 156 Å². The average Bonchev–Trinajstić information content (AvgIpc) is 3.37. The number of H-pyrrole nitrogens is 1. The summed E-state index contributed by atoms with van der Waals surface area (Å²) in [5.41, 5.74) is 0.924. The summed E-state index contributed by atoms with van der Waals surface area (Å²) < 4.78 is 29.3. The number of nitrogens with one attached hydrogen (secondary N) is 1. The SMILES string of the molecule is C[C@H]1CN(c2ccc(-c3cn[nH]c3)c(F)c2F)CCN1C(=O)N1CCCC1. The molecular formula is C19H23F2N5O. The molecule has 1 atom stereocenters. The minimum absolute atomic E-state index is 0.0570. The molecule has 1 N–H and O–H groups in total. The van der Waals surface area contributed by atoms with Gasteiger partial charge in [-0.2, -0.15) is 5.10 Å². The predicted molar refractivity (Wildman–Crippen MR) is 98.5 cm³/mol. The monoisotopic (exact) mass is 375 g/mol. The Morgan fingerprint density at radius 3 is 2.59 bits per heavy atom. The van der Waals surface area contributed by atoms with Gasteiger partial charge in [-0.3, -0.25) is 5.10 Å². The van der Waals surface area contributed by atoms with Gasteiger partial charge in [0.1, 0.15) is 0 Å². The molecule has 1 aromatic heterocycles. The fourth-order valence-corrected chi connectivity index (χ4v) is 3.96. The van der Waals surface area contributed by atoms with Crippen LogP contribution in [0.2, 0.25) is 0 Å². The van der Waals surface area contributed by atoms with Crippen LogP contribution < -0.4 is 4.90 Å². The van der Waals surface area contributed by atoms with Crippen molar-refractivity contribution in [3.05, 3.63) is 36.2 Å². The lowest BCUT2D eigenvalue weighted by Crippen LogP contribution is -2.57. The number of aromatic nitrogens is 2. The lowest BCUT2D eigenvalue weighted by atomic mass is 10.1. The fourth-order valence-electron chi connectivity index (χ4n) is 3.96. The van der Waals surface area contributed by atoms with E-state index in [1.807, 2.05) is 21.6 Å². The molecule has 2 amide bonds. The lowest BCUT2D eigenvalue weighted by Gasteiger charge is -2.42. The zero-order valence-electron chi connectivity index (χ0n) is 15.3. The molecule has 0 spiro atoms. The highest BCUT2D eigenvalue weighted by Gasteiger charge is 2.32. The fraction of sp³-hybridized carbons (Fsp3) is 0.474. The average molecular weight is 375 g/mol. The molecule has 6 nitrogen and oxygen atoms in total. The number of hydrogen-bond acceptors (Lipinski definition) is 3. The standard InChI is InChI=1S/C19H23F2N5O/c1-13-12-25(8-9-26(13)19(27)24-6-2-3-7-24)16-5-4-15(17(20)18(16)21)14-10-22-23-11-14/h4-5,10-11,13H,2-3,6-9,12H2,1H3,(H,22,23)/t13-/m0/s1. The first kappa shape index (κ1) is 17.8. The Morgan fingerprint density at radius 1 is 1.15 bits per heavy atom. The quantitative estimate of drug-likeness (QED) is 0.878. The first-order chi connectivity index (χ1) is 13.1. The number of carbonyl (C=O) groups is 1. The number of rotatable bonds is 2. The van der Waals surface area contributed by atoms with Crippen LogP contribution in [0.3, 0.4) is 0 Å². The summed E-state index contributed by atoms with van der Waals surface area (Å²) in [6.45, 7) is 5.02. The maximum Gasteiger partial charge on any atom is 0.320 e. The number of aromatic amines is 1. The number of amides is 2. The van der Waals surface area contributed by atoms with Crippen molar-refractivity contribution < 1.29 is 13.6 Å². The van der Waals surface area contributed by atoms with Gasteiger partial charge in [0.15, 0.2) is 11.6 Å². The van der Waals surface area contributed by atoms with Crippen LogP contribution in [0.4, 0.5) is 19.3 Å². The molecule has 27 heavy (non-hydrogen) atoms. The predicted octanol–water partition coefficient (Wildman–Crippen LogP) is 3.08. The summed E-state index contributed by atoms with van der Waals surface area (Å²) in [6.07, 6.45) is 5.09. The van der Waals surface area contributed by atoms with Crippen LogP contribution >= 0.6 is 0 Å². The number of likely N-dealkylation sites (tertiary alicyclic amines) is 1. The third-order valence-corrected chi connectivity index (χ3v) is 5.46. The Bertz CT molecular complexity index is 820. The highest BCUT2D eigenvalue weighted by Crippen LogP contribution is 2.31. The molecular weight excluding hydrogens is 352 g/mol. The van der Waals surface area contributed by atoms with Crippen LogP contribution in [0.25, 0.3) is 11.1 Å². The summed E-state index contributed by atoms with van der Waals surface area (Å²) in [6, 6.07) is 3.17. The van der Waals surface area contributed by atoms with E-state index in [9.17, 15) is 13.6 Å². The highest BCUT2D eigenvalue weighted by atomic mass is 19.2. The second kappa shape index (κ2) is 7.17. The second-order valence-electron chi connectivity index (χ2n) is 7.21. The van der Waals surface area contributed by atoms with Crippen molar-refractivity contribution in [2.24, 2.45) is 0 Å². The Hall–Kier alpha value is -2.64. The number of piperazine rings is 1. The van der Waals surface area contributed by atoms with Gasteiger partial charge in [0.2, 0.25) is 0 Å². The first-order valence-corrected chi connectivity index (χ1v) is 9.34. The van der Waals surface area contributed by atoms with E-state index >= 15 is 0 Å². The zero-order valence-corrected chi connectivity index (χ0v) is 15.3. The first-order valence-electron chi connectivity index (χ1n) is 9.34. The van der Waals surface area contributed by atoms with Gasteiger partial charge in [-0.05, 0) is 31.9 Å². The summed E-state index contributed by atoms with van der Waals surface area (Å²) in [5.74, 6) is -1.74. The van der Waals surface area contributed by atoms with E-state index in [4.69, 9.17) is 0 Å². The number of urea groups is 1. The normalized spacial score (nSPS) is 20.4. The van der Waals surface area contributed by atoms with Crippen LogP contribution in [0.15, 0.2) is 24.5 Å². The minimum Gasteiger partial charge on any atom is -0.365 e. The van der Waals surface area contributed by atoms with E-state index in [1.165, 1.54) is 12.4 Å². The van der Waals surface area contributed by atoms with E-state index in [1.54, 1.807) is 12.1 Å². The maximum absolute atomic E-state index is 14.7. The Balaban J connectivity index is 1.50. The van der Waals surface area contributed by atoms with Crippen molar-refractivity contribution in [2.75, 3.05) is 37.6 Å². The van der Waals surface area contributed by atoms with Gasteiger partial charge in [0, 0.05) is 56.1 Å². The van der Waals surface area contributed by atoms with Crippen LogP contribution in [-0.2, 0) is 0 Å². The Morgan fingerprint density at radius 2 is 1.93 bits per heavy atom. The van der Waals surface area contributed by atoms with Crippen molar-refractivity contribution in [2.45, 2.75) is 25.8 Å². The van der Waals surface area contributed by atoms with Crippen molar-refractivity contribution in [3.8, 4) is 11.1 Å². The lowest BCUT2D eigenvalue weighted by molar-refractivity contribution is 0.139. The number of carbonyl (C=O) groups excluding carboxylic acids is 1. The van der Waals surface area contributed by atoms with Gasteiger partial charge in [-0.15, -0.1) is 0 Å². The molecule has 0 unspecified atom stereocenters. The van der Waals surface area contributed by atoms with Gasteiger partial charge in [-0.25, -0.2) is 13.6 Å². The number of benzene rings is 1. The van der Waals surface area contributed by atoms with Crippen LogP contribution in [-0.4, -0.2) is 64.8 Å². The third-order valence-electron chi connectivity index (χ3n) is 5.46. The number of nitrogens with zero attached hydrogens (tertiary/aromatic N) is 4. The van der Waals surface area contributed by atoms with Crippen molar-refractivity contribution in [3.63, 3.8) is 0 Å². The molecule has 4 rings (SSSR count). The van der Waals surface area contributed by atoms with Gasteiger partial charge in [0.05, 0.1) is 11.9 Å². The maximum atomic E-state index is 14.7. The van der Waals surface area contributed by atoms with Crippen molar-refractivity contribution >= 4 is 11.7 Å². The molecule has 0 saturated carbocycles. The molecule has 2 saturated heterocycles. The van der Waals surface area contributed by atoms with Crippen molar-refractivity contribution in [1.82, 2.24) is 20.0 Å². The summed E-state index contributed by atoms with van der Waals surface area (Å²) in [5, 5.41) is 6.39. The van der Waals surface area contributed by atoms with Crippen LogP contribution in [0.1, 0.15) is 19.8 Å². The molecule has 144 valence electrons. The number of halogens is 2. The molecule has 2 aromatic rings. The van der Waals surface area contributed by atoms with E-state index in [0.717, 1.165) is 25.9 Å². The van der Waals surface area contributed by atoms with Crippen LogP contribution in [0.5, 0.6) is 0 Å². The zero-order chi connectivity index (χ0) is 19.0.